The molecule has 2 atom stereocenters. The highest BCUT2D eigenvalue weighted by Gasteiger charge is 2.26. The maximum Gasteiger partial charge on any atom is 0.266 e. The van der Waals surface area contributed by atoms with Gasteiger partial charge in [-0.15, -0.1) is 0 Å². The lowest BCUT2D eigenvalue weighted by Crippen LogP contribution is -2.47. The van der Waals surface area contributed by atoms with Crippen LogP contribution in [0.2, 0.25) is 0 Å². The average Bonchev–Trinajstić information content (AvgIpc) is 3.00. The smallest absolute Gasteiger partial charge is 0.266 e. The number of rotatable bonds is 36. The van der Waals surface area contributed by atoms with Crippen molar-refractivity contribution in [2.75, 3.05) is 5.75 Å². The summed E-state index contributed by atoms with van der Waals surface area (Å²) in [6.45, 7) is 4.48. The van der Waals surface area contributed by atoms with Crippen molar-refractivity contribution in [1.29, 1.82) is 0 Å². The lowest BCUT2D eigenvalue weighted by atomic mass is 10.0. The Labute approximate surface area is 280 Å². The van der Waals surface area contributed by atoms with Gasteiger partial charge in [-0.3, -0.25) is 9.35 Å². The summed E-state index contributed by atoms with van der Waals surface area (Å²) in [6.07, 6.45) is 37.9. The van der Waals surface area contributed by atoms with Gasteiger partial charge in [0, 0.05) is 6.42 Å². The molecular formula is C38H77NO5S. The van der Waals surface area contributed by atoms with E-state index < -0.39 is 28.0 Å². The van der Waals surface area contributed by atoms with Crippen molar-refractivity contribution in [2.24, 2.45) is 0 Å². The highest BCUT2D eigenvalue weighted by atomic mass is 32.2. The third-order valence-electron chi connectivity index (χ3n) is 9.31. The number of unbranched alkanes of at least 4 members (excludes halogenated alkanes) is 28. The van der Waals surface area contributed by atoms with Crippen molar-refractivity contribution in [2.45, 2.75) is 231 Å². The summed E-state index contributed by atoms with van der Waals surface area (Å²) in [5, 5.41) is 13.2. The molecule has 0 saturated carbocycles. The van der Waals surface area contributed by atoms with Gasteiger partial charge in [-0.05, 0) is 12.8 Å². The standard InChI is InChI=1S/C38H77NO5S/c1-3-5-7-9-11-13-14-15-16-17-18-19-20-21-22-23-24-25-26-28-30-32-34-38(41)39-36(35-45(42,43)44)37(40)33-31-29-27-12-10-8-6-4-2/h36-37,40H,3-35H2,1-2H3,(H,39,41)(H,42,43,44). The van der Waals surface area contributed by atoms with Crippen LogP contribution >= 0.6 is 0 Å². The van der Waals surface area contributed by atoms with E-state index in [1.54, 1.807) is 0 Å². The third-order valence-corrected chi connectivity index (χ3v) is 10.1. The minimum atomic E-state index is -4.29. The molecule has 0 bridgehead atoms. The van der Waals surface area contributed by atoms with Crippen LogP contribution in [0.25, 0.3) is 0 Å². The fourth-order valence-corrected chi connectivity index (χ4v) is 7.10. The van der Waals surface area contributed by atoms with Crippen molar-refractivity contribution in [1.82, 2.24) is 5.32 Å². The van der Waals surface area contributed by atoms with Crippen LogP contribution in [0.15, 0.2) is 0 Å². The summed E-state index contributed by atoms with van der Waals surface area (Å²) < 4.78 is 32.3. The molecule has 0 rings (SSSR count). The number of nitrogens with one attached hydrogen (secondary N) is 1. The quantitative estimate of drug-likeness (QED) is 0.0458. The molecule has 0 spiro atoms. The molecule has 7 heteroatoms. The van der Waals surface area contributed by atoms with E-state index in [1.807, 2.05) is 0 Å². The Morgan fingerprint density at radius 1 is 0.511 bits per heavy atom. The van der Waals surface area contributed by atoms with Crippen molar-refractivity contribution < 1.29 is 22.9 Å². The van der Waals surface area contributed by atoms with E-state index in [9.17, 15) is 22.9 Å². The van der Waals surface area contributed by atoms with E-state index in [0.717, 1.165) is 38.5 Å². The summed E-state index contributed by atoms with van der Waals surface area (Å²) in [5.74, 6) is -0.886. The first-order valence-electron chi connectivity index (χ1n) is 19.7. The minimum absolute atomic E-state index is 0.244. The molecular weight excluding hydrogens is 582 g/mol. The average molecular weight is 660 g/mol. The van der Waals surface area contributed by atoms with Gasteiger partial charge in [0.25, 0.3) is 10.1 Å². The van der Waals surface area contributed by atoms with E-state index in [0.29, 0.717) is 12.8 Å². The van der Waals surface area contributed by atoms with Crippen molar-refractivity contribution in [3.8, 4) is 0 Å². The third kappa shape index (κ3) is 34.5. The fourth-order valence-electron chi connectivity index (χ4n) is 6.34. The van der Waals surface area contributed by atoms with Gasteiger partial charge in [-0.1, -0.05) is 200 Å². The van der Waals surface area contributed by atoms with Crippen LogP contribution in [0.4, 0.5) is 0 Å². The largest absolute Gasteiger partial charge is 0.391 e. The first kappa shape index (κ1) is 44.3. The molecule has 1 amide bonds. The van der Waals surface area contributed by atoms with Crippen LogP contribution < -0.4 is 5.32 Å². The summed E-state index contributed by atoms with van der Waals surface area (Å²) in [4.78, 5) is 12.5. The SMILES string of the molecule is CCCCCCCCCCCCCCCCCCCCCCCCC(=O)NC(CS(=O)(=O)O)C(O)CCCCCCCCCC. The normalized spacial score (nSPS) is 13.2. The molecule has 0 aromatic rings. The number of hydrogen-bond donors (Lipinski definition) is 3. The Morgan fingerprint density at radius 2 is 0.800 bits per heavy atom. The Bertz CT molecular complexity index is 730. The Balaban J connectivity index is 3.69. The van der Waals surface area contributed by atoms with Gasteiger partial charge < -0.3 is 10.4 Å². The van der Waals surface area contributed by atoms with Crippen molar-refractivity contribution in [3.63, 3.8) is 0 Å². The van der Waals surface area contributed by atoms with Crippen LogP contribution in [0.5, 0.6) is 0 Å². The van der Waals surface area contributed by atoms with Gasteiger partial charge in [0.05, 0.1) is 17.9 Å². The van der Waals surface area contributed by atoms with Gasteiger partial charge in [0.2, 0.25) is 5.91 Å². The van der Waals surface area contributed by atoms with Crippen LogP contribution in [-0.4, -0.2) is 41.9 Å². The molecule has 45 heavy (non-hydrogen) atoms. The van der Waals surface area contributed by atoms with E-state index in [2.05, 4.69) is 19.2 Å². The second-order valence-corrected chi connectivity index (χ2v) is 15.4. The number of carbonyl (C=O) groups excluding carboxylic acids is 1. The molecule has 0 aromatic heterocycles. The first-order valence-corrected chi connectivity index (χ1v) is 21.3. The Morgan fingerprint density at radius 3 is 1.11 bits per heavy atom. The topological polar surface area (TPSA) is 104 Å². The van der Waals surface area contributed by atoms with Crippen LogP contribution in [0, 0.1) is 0 Å². The predicted molar refractivity (Wildman–Crippen MR) is 193 cm³/mol. The Hall–Kier alpha value is -0.660. The maximum atomic E-state index is 12.5. The fraction of sp³-hybridized carbons (Fsp3) is 0.974. The zero-order valence-electron chi connectivity index (χ0n) is 30.0. The van der Waals surface area contributed by atoms with E-state index in [4.69, 9.17) is 0 Å². The molecule has 0 fully saturated rings. The highest BCUT2D eigenvalue weighted by molar-refractivity contribution is 7.85. The van der Waals surface area contributed by atoms with Crippen LogP contribution in [-0.2, 0) is 14.9 Å². The zero-order valence-corrected chi connectivity index (χ0v) is 30.8. The van der Waals surface area contributed by atoms with Gasteiger partial charge in [0.1, 0.15) is 0 Å². The molecule has 0 aliphatic heterocycles. The highest BCUT2D eigenvalue weighted by Crippen LogP contribution is 2.16. The first-order chi connectivity index (χ1) is 21.8. The Kier molecular flexibility index (Phi) is 32.8. The molecule has 0 heterocycles. The van der Waals surface area contributed by atoms with Gasteiger partial charge in [-0.2, -0.15) is 8.42 Å². The lowest BCUT2D eigenvalue weighted by molar-refractivity contribution is -0.122. The zero-order chi connectivity index (χ0) is 33.3. The maximum absolute atomic E-state index is 12.5. The molecule has 0 radical (unpaired) electrons. The van der Waals surface area contributed by atoms with E-state index in [-0.39, 0.29) is 5.91 Å². The molecule has 6 nitrogen and oxygen atoms in total. The molecule has 0 aliphatic rings. The van der Waals surface area contributed by atoms with Gasteiger partial charge >= 0.3 is 0 Å². The monoisotopic (exact) mass is 660 g/mol. The second kappa shape index (κ2) is 33.2. The summed E-state index contributed by atoms with van der Waals surface area (Å²) >= 11 is 0. The molecule has 0 saturated heterocycles. The van der Waals surface area contributed by atoms with Gasteiger partial charge in [0.15, 0.2) is 0 Å². The number of aliphatic hydroxyl groups is 1. The number of aliphatic hydroxyl groups excluding tert-OH is 1. The minimum Gasteiger partial charge on any atom is -0.391 e. The number of hydrogen-bond acceptors (Lipinski definition) is 4. The van der Waals surface area contributed by atoms with Crippen molar-refractivity contribution >= 4 is 16.0 Å². The van der Waals surface area contributed by atoms with Crippen LogP contribution in [0.3, 0.4) is 0 Å². The van der Waals surface area contributed by atoms with E-state index >= 15 is 0 Å². The number of amides is 1. The lowest BCUT2D eigenvalue weighted by Gasteiger charge is -2.23. The summed E-state index contributed by atoms with van der Waals surface area (Å²) in [6, 6.07) is -0.961. The summed E-state index contributed by atoms with van der Waals surface area (Å²) in [7, 11) is -4.29. The van der Waals surface area contributed by atoms with Gasteiger partial charge in [-0.25, -0.2) is 0 Å². The second-order valence-electron chi connectivity index (χ2n) is 13.9. The molecule has 2 unspecified atom stereocenters. The molecule has 0 aliphatic carbocycles. The molecule has 3 N–H and O–H groups in total. The summed E-state index contributed by atoms with van der Waals surface area (Å²) in [5.41, 5.74) is 0. The number of carbonyl (C=O) groups is 1. The van der Waals surface area contributed by atoms with Crippen LogP contribution in [0.1, 0.15) is 219 Å². The predicted octanol–water partition coefficient (Wildman–Crippen LogP) is 11.2. The van der Waals surface area contributed by atoms with E-state index in [1.165, 1.54) is 154 Å². The molecule has 270 valence electrons. The molecule has 0 aromatic carbocycles. The van der Waals surface area contributed by atoms with Crippen molar-refractivity contribution in [3.05, 3.63) is 0 Å².